The smallest absolute Gasteiger partial charge is 0.410 e. The third-order valence-corrected chi connectivity index (χ3v) is 3.26. The van der Waals surface area contributed by atoms with Crippen LogP contribution in [0.5, 0.6) is 0 Å². The molecule has 22 heavy (non-hydrogen) atoms. The van der Waals surface area contributed by atoms with Crippen molar-refractivity contribution in [2.24, 2.45) is 5.92 Å². The molecule has 122 valence electrons. The summed E-state index contributed by atoms with van der Waals surface area (Å²) in [5, 5.41) is 0.534. The molecular weight excluding hydrogens is 292 g/mol. The van der Waals surface area contributed by atoms with Crippen LogP contribution in [0.3, 0.4) is 0 Å². The standard InChI is InChI=1S/C14H20N2O6/c1-14(2,3)21-13(20)15-7-9(8-15)6-12(19)22-16-10(17)4-5-11(16)18/h9H,4-8H2,1-3H3. The lowest BCUT2D eigenvalue weighted by Crippen LogP contribution is -2.52. The predicted octanol–water partition coefficient (Wildman–Crippen LogP) is 0.851. The van der Waals surface area contributed by atoms with Gasteiger partial charge in [0, 0.05) is 31.8 Å². The molecule has 3 amide bonds. The number of imide groups is 1. The number of carbonyl (C=O) groups is 4. The van der Waals surface area contributed by atoms with Crippen molar-refractivity contribution in [3.63, 3.8) is 0 Å². The van der Waals surface area contributed by atoms with Crippen LogP contribution in [0, 0.1) is 5.92 Å². The quantitative estimate of drug-likeness (QED) is 0.717. The minimum absolute atomic E-state index is 0.0483. The van der Waals surface area contributed by atoms with Crippen LogP contribution in [0.1, 0.15) is 40.0 Å². The number of hydrogen-bond acceptors (Lipinski definition) is 6. The Kier molecular flexibility index (Phi) is 4.39. The highest BCUT2D eigenvalue weighted by atomic mass is 16.7. The Morgan fingerprint density at radius 1 is 1.14 bits per heavy atom. The fraction of sp³-hybridized carbons (Fsp3) is 0.714. The zero-order valence-corrected chi connectivity index (χ0v) is 13.0. The molecule has 2 rings (SSSR count). The summed E-state index contributed by atoms with van der Waals surface area (Å²) in [6, 6.07) is 0. The molecule has 0 bridgehead atoms. The van der Waals surface area contributed by atoms with E-state index in [1.54, 1.807) is 20.8 Å². The van der Waals surface area contributed by atoms with Crippen LogP contribution in [0.4, 0.5) is 4.79 Å². The third kappa shape index (κ3) is 3.96. The second-order valence-corrected chi connectivity index (χ2v) is 6.50. The highest BCUT2D eigenvalue weighted by Crippen LogP contribution is 2.23. The molecule has 0 unspecified atom stereocenters. The summed E-state index contributed by atoms with van der Waals surface area (Å²) in [4.78, 5) is 52.3. The van der Waals surface area contributed by atoms with Crippen LogP contribution in [-0.2, 0) is 24.0 Å². The molecule has 0 aliphatic carbocycles. The van der Waals surface area contributed by atoms with E-state index in [4.69, 9.17) is 9.57 Å². The Bertz CT molecular complexity index is 488. The van der Waals surface area contributed by atoms with Crippen molar-refractivity contribution < 1.29 is 28.8 Å². The number of rotatable bonds is 3. The molecule has 2 heterocycles. The van der Waals surface area contributed by atoms with Crippen LogP contribution < -0.4 is 0 Å². The molecule has 0 aromatic heterocycles. The molecule has 0 atom stereocenters. The Balaban J connectivity index is 1.71. The topological polar surface area (TPSA) is 93.2 Å². The molecule has 0 spiro atoms. The number of hydroxylamine groups is 2. The summed E-state index contributed by atoms with van der Waals surface area (Å²) in [7, 11) is 0. The number of hydrogen-bond donors (Lipinski definition) is 0. The Morgan fingerprint density at radius 2 is 1.68 bits per heavy atom. The Morgan fingerprint density at radius 3 is 2.18 bits per heavy atom. The van der Waals surface area contributed by atoms with E-state index in [-0.39, 0.29) is 25.2 Å². The average molecular weight is 312 g/mol. The van der Waals surface area contributed by atoms with Gasteiger partial charge in [0.25, 0.3) is 11.8 Å². The summed E-state index contributed by atoms with van der Waals surface area (Å²) < 4.78 is 5.20. The van der Waals surface area contributed by atoms with E-state index in [1.807, 2.05) is 0 Å². The minimum Gasteiger partial charge on any atom is -0.444 e. The maximum absolute atomic E-state index is 11.7. The van der Waals surface area contributed by atoms with Crippen molar-refractivity contribution in [1.29, 1.82) is 0 Å². The number of nitrogens with zero attached hydrogens (tertiary/aromatic N) is 2. The summed E-state index contributed by atoms with van der Waals surface area (Å²) in [6.45, 7) is 6.13. The van der Waals surface area contributed by atoms with Crippen molar-refractivity contribution in [3.05, 3.63) is 0 Å². The Hall–Kier alpha value is -2.12. The summed E-state index contributed by atoms with van der Waals surface area (Å²) in [5.74, 6) is -1.69. The van der Waals surface area contributed by atoms with Gasteiger partial charge in [-0.2, -0.15) is 0 Å². The minimum atomic E-state index is -0.641. The first-order chi connectivity index (χ1) is 10.2. The molecule has 0 saturated carbocycles. The van der Waals surface area contributed by atoms with Gasteiger partial charge in [-0.05, 0) is 20.8 Å². The van der Waals surface area contributed by atoms with Gasteiger partial charge in [0.05, 0.1) is 6.42 Å². The monoisotopic (exact) mass is 312 g/mol. The molecule has 0 radical (unpaired) electrons. The first-order valence-corrected chi connectivity index (χ1v) is 7.20. The largest absolute Gasteiger partial charge is 0.444 e. The first kappa shape index (κ1) is 16.3. The zero-order chi connectivity index (χ0) is 16.5. The highest BCUT2D eigenvalue weighted by molar-refractivity contribution is 6.01. The van der Waals surface area contributed by atoms with E-state index >= 15 is 0 Å². The molecule has 8 heteroatoms. The van der Waals surface area contributed by atoms with Crippen LogP contribution in [0.2, 0.25) is 0 Å². The molecule has 2 fully saturated rings. The molecular formula is C14H20N2O6. The van der Waals surface area contributed by atoms with Gasteiger partial charge < -0.3 is 14.5 Å². The predicted molar refractivity (Wildman–Crippen MR) is 73.1 cm³/mol. The van der Waals surface area contributed by atoms with Crippen LogP contribution in [0.25, 0.3) is 0 Å². The SMILES string of the molecule is CC(C)(C)OC(=O)N1CC(CC(=O)ON2C(=O)CCC2=O)C1. The van der Waals surface area contributed by atoms with Crippen molar-refractivity contribution in [1.82, 2.24) is 9.96 Å². The van der Waals surface area contributed by atoms with Crippen LogP contribution in [-0.4, -0.2) is 52.5 Å². The van der Waals surface area contributed by atoms with Crippen molar-refractivity contribution in [3.8, 4) is 0 Å². The lowest BCUT2D eigenvalue weighted by molar-refractivity contribution is -0.198. The number of carbonyl (C=O) groups excluding carboxylic acids is 4. The molecule has 0 aromatic rings. The molecule has 2 saturated heterocycles. The van der Waals surface area contributed by atoms with Gasteiger partial charge in [-0.25, -0.2) is 9.59 Å². The normalized spacial score (nSPS) is 19.2. The van der Waals surface area contributed by atoms with E-state index in [2.05, 4.69) is 0 Å². The van der Waals surface area contributed by atoms with Crippen LogP contribution in [0.15, 0.2) is 0 Å². The van der Waals surface area contributed by atoms with Gasteiger partial charge in [-0.1, -0.05) is 0 Å². The van der Waals surface area contributed by atoms with Gasteiger partial charge in [-0.15, -0.1) is 5.06 Å². The molecule has 8 nitrogen and oxygen atoms in total. The molecule has 0 N–H and O–H groups in total. The van der Waals surface area contributed by atoms with Gasteiger partial charge in [0.2, 0.25) is 0 Å². The van der Waals surface area contributed by atoms with Crippen molar-refractivity contribution >= 4 is 23.9 Å². The van der Waals surface area contributed by atoms with Crippen LogP contribution >= 0.6 is 0 Å². The Labute approximate surface area is 128 Å². The van der Waals surface area contributed by atoms with Gasteiger partial charge in [-0.3, -0.25) is 9.59 Å². The molecule has 0 aromatic carbocycles. The van der Waals surface area contributed by atoms with Crippen molar-refractivity contribution in [2.45, 2.75) is 45.6 Å². The lowest BCUT2D eigenvalue weighted by Gasteiger charge is -2.39. The van der Waals surface area contributed by atoms with E-state index in [1.165, 1.54) is 4.90 Å². The number of likely N-dealkylation sites (tertiary alicyclic amines) is 1. The number of ether oxygens (including phenoxy) is 1. The van der Waals surface area contributed by atoms with E-state index in [0.29, 0.717) is 18.2 Å². The van der Waals surface area contributed by atoms with Gasteiger partial charge >= 0.3 is 12.1 Å². The maximum atomic E-state index is 11.7. The summed E-state index contributed by atoms with van der Waals surface area (Å²) in [5.41, 5.74) is -0.558. The number of amides is 3. The van der Waals surface area contributed by atoms with Crippen molar-refractivity contribution in [2.75, 3.05) is 13.1 Å². The van der Waals surface area contributed by atoms with Gasteiger partial charge in [0.15, 0.2) is 0 Å². The average Bonchev–Trinajstić information content (AvgIpc) is 2.62. The molecule has 2 aliphatic heterocycles. The fourth-order valence-corrected chi connectivity index (χ4v) is 2.21. The van der Waals surface area contributed by atoms with Gasteiger partial charge in [0.1, 0.15) is 5.60 Å². The third-order valence-electron chi connectivity index (χ3n) is 3.26. The maximum Gasteiger partial charge on any atom is 0.410 e. The van der Waals surface area contributed by atoms with E-state index in [9.17, 15) is 19.2 Å². The zero-order valence-electron chi connectivity index (χ0n) is 13.0. The lowest BCUT2D eigenvalue weighted by atomic mass is 9.97. The second kappa shape index (κ2) is 5.94. The highest BCUT2D eigenvalue weighted by Gasteiger charge is 2.37. The fourth-order valence-electron chi connectivity index (χ4n) is 2.21. The second-order valence-electron chi connectivity index (χ2n) is 6.50. The van der Waals surface area contributed by atoms with E-state index < -0.39 is 29.5 Å². The molecule has 2 aliphatic rings. The summed E-state index contributed by atoms with van der Waals surface area (Å²) >= 11 is 0. The van der Waals surface area contributed by atoms with E-state index in [0.717, 1.165) is 0 Å². The summed E-state index contributed by atoms with van der Waals surface area (Å²) in [6.07, 6.45) is -0.220. The first-order valence-electron chi connectivity index (χ1n) is 7.20.